The molecular weight excluding hydrogens is 370 g/mol. The lowest BCUT2D eigenvalue weighted by atomic mass is 10.1. The zero-order valence-corrected chi connectivity index (χ0v) is 15.5. The van der Waals surface area contributed by atoms with Crippen LogP contribution < -0.4 is 21.7 Å². The van der Waals surface area contributed by atoms with E-state index >= 15 is 0 Å². The lowest BCUT2D eigenvalue weighted by Gasteiger charge is -2.23. The molecule has 0 fully saturated rings. The van der Waals surface area contributed by atoms with Gasteiger partial charge in [-0.2, -0.15) is 0 Å². The normalized spacial score (nSPS) is 14.0. The second kappa shape index (κ2) is 8.16. The zero-order chi connectivity index (χ0) is 18.5. The molecule has 1 aromatic heterocycles. The molecule has 0 spiro atoms. The minimum Gasteiger partial charge on any atom is -0.384 e. The van der Waals surface area contributed by atoms with E-state index < -0.39 is 0 Å². The molecule has 0 unspecified atom stereocenters. The SMILES string of the molecule is Nc1cc(CNC2=C(C(=S)Nc3ccccc3Cl)C(=O)NCC2)ccn1. The molecule has 3 rings (SSSR count). The third-order valence-electron chi connectivity index (χ3n) is 3.89. The topological polar surface area (TPSA) is 92.1 Å². The summed E-state index contributed by atoms with van der Waals surface area (Å²) in [6, 6.07) is 10.9. The van der Waals surface area contributed by atoms with Gasteiger partial charge in [-0.3, -0.25) is 4.79 Å². The van der Waals surface area contributed by atoms with E-state index in [2.05, 4.69) is 20.9 Å². The van der Waals surface area contributed by atoms with Crippen molar-refractivity contribution in [2.75, 3.05) is 17.6 Å². The van der Waals surface area contributed by atoms with E-state index in [0.29, 0.717) is 46.6 Å². The lowest BCUT2D eigenvalue weighted by Crippen LogP contribution is -2.39. The van der Waals surface area contributed by atoms with Gasteiger partial charge in [-0.05, 0) is 29.8 Å². The molecule has 2 aromatic rings. The first kappa shape index (κ1) is 18.2. The van der Waals surface area contributed by atoms with E-state index in [1.807, 2.05) is 24.3 Å². The van der Waals surface area contributed by atoms with Crippen LogP contribution in [0.1, 0.15) is 12.0 Å². The molecule has 1 amide bonds. The van der Waals surface area contributed by atoms with Crippen molar-refractivity contribution >= 4 is 46.2 Å². The molecule has 1 aliphatic heterocycles. The van der Waals surface area contributed by atoms with E-state index in [9.17, 15) is 4.79 Å². The Morgan fingerprint density at radius 2 is 2.15 bits per heavy atom. The zero-order valence-electron chi connectivity index (χ0n) is 13.9. The van der Waals surface area contributed by atoms with Crippen molar-refractivity contribution in [3.63, 3.8) is 0 Å². The molecule has 0 radical (unpaired) electrons. The van der Waals surface area contributed by atoms with E-state index in [0.717, 1.165) is 11.3 Å². The quantitative estimate of drug-likeness (QED) is 0.589. The van der Waals surface area contributed by atoms with E-state index in [1.165, 1.54) is 0 Å². The van der Waals surface area contributed by atoms with Crippen molar-refractivity contribution in [1.29, 1.82) is 0 Å². The molecule has 0 saturated carbocycles. The summed E-state index contributed by atoms with van der Waals surface area (Å²) in [5, 5.41) is 9.72. The Morgan fingerprint density at radius 1 is 1.35 bits per heavy atom. The fourth-order valence-electron chi connectivity index (χ4n) is 2.63. The molecule has 1 aliphatic rings. The van der Waals surface area contributed by atoms with Gasteiger partial charge in [0.2, 0.25) is 0 Å². The Hall–Kier alpha value is -2.64. The Morgan fingerprint density at radius 3 is 2.92 bits per heavy atom. The van der Waals surface area contributed by atoms with Gasteiger partial charge in [0.05, 0.1) is 16.3 Å². The highest BCUT2D eigenvalue weighted by atomic mass is 35.5. The van der Waals surface area contributed by atoms with Crippen LogP contribution in [-0.2, 0) is 11.3 Å². The average molecular weight is 388 g/mol. The summed E-state index contributed by atoms with van der Waals surface area (Å²) < 4.78 is 0. The van der Waals surface area contributed by atoms with Crippen LogP contribution in [0.5, 0.6) is 0 Å². The van der Waals surface area contributed by atoms with Crippen molar-refractivity contribution in [3.8, 4) is 0 Å². The highest BCUT2D eigenvalue weighted by molar-refractivity contribution is 7.81. The van der Waals surface area contributed by atoms with Crippen molar-refractivity contribution in [1.82, 2.24) is 15.6 Å². The van der Waals surface area contributed by atoms with Gasteiger partial charge in [0.15, 0.2) is 0 Å². The second-order valence-corrected chi connectivity index (χ2v) is 6.55. The largest absolute Gasteiger partial charge is 0.384 e. The number of carbonyl (C=O) groups is 1. The molecule has 0 saturated heterocycles. The Kier molecular flexibility index (Phi) is 5.70. The first-order valence-electron chi connectivity index (χ1n) is 8.06. The van der Waals surface area contributed by atoms with Gasteiger partial charge in [-0.1, -0.05) is 36.0 Å². The monoisotopic (exact) mass is 387 g/mol. The fourth-order valence-corrected chi connectivity index (χ4v) is 3.14. The minimum absolute atomic E-state index is 0.211. The van der Waals surface area contributed by atoms with Crippen LogP contribution in [0, 0.1) is 0 Å². The highest BCUT2D eigenvalue weighted by Crippen LogP contribution is 2.23. The number of pyridine rings is 1. The third kappa shape index (κ3) is 4.30. The summed E-state index contributed by atoms with van der Waals surface area (Å²) in [6.45, 7) is 1.07. The molecule has 0 aliphatic carbocycles. The van der Waals surface area contributed by atoms with Crippen LogP contribution in [-0.4, -0.2) is 22.4 Å². The lowest BCUT2D eigenvalue weighted by molar-refractivity contribution is -0.117. The summed E-state index contributed by atoms with van der Waals surface area (Å²) >= 11 is 11.6. The van der Waals surface area contributed by atoms with Gasteiger partial charge in [0.1, 0.15) is 10.8 Å². The van der Waals surface area contributed by atoms with Crippen LogP contribution >= 0.6 is 23.8 Å². The number of para-hydroxylation sites is 1. The van der Waals surface area contributed by atoms with Crippen molar-refractivity contribution in [3.05, 3.63) is 64.5 Å². The standard InChI is InChI=1S/C18H18ClN5OS/c19-12-3-1-2-4-13(12)24-18(26)16-14(6-8-22-17(16)25)23-10-11-5-7-21-15(20)9-11/h1-5,7,9,23H,6,8,10H2,(H2,20,21)(H,22,25)(H,24,26). The third-order valence-corrected chi connectivity index (χ3v) is 4.53. The maximum atomic E-state index is 12.4. The number of nitrogens with two attached hydrogens (primary N) is 1. The number of rotatable bonds is 5. The summed E-state index contributed by atoms with van der Waals surface area (Å²) in [5.74, 6) is 0.244. The van der Waals surface area contributed by atoms with Crippen molar-refractivity contribution in [2.45, 2.75) is 13.0 Å². The smallest absolute Gasteiger partial charge is 0.256 e. The molecule has 2 heterocycles. The molecule has 134 valence electrons. The maximum Gasteiger partial charge on any atom is 0.256 e. The Labute approximate surface area is 161 Å². The van der Waals surface area contributed by atoms with Crippen molar-refractivity contribution < 1.29 is 4.79 Å². The van der Waals surface area contributed by atoms with Gasteiger partial charge in [0, 0.05) is 31.4 Å². The number of carbonyl (C=O) groups excluding carboxylic acids is 1. The van der Waals surface area contributed by atoms with Crippen LogP contribution in [0.3, 0.4) is 0 Å². The van der Waals surface area contributed by atoms with E-state index in [-0.39, 0.29) is 5.91 Å². The molecule has 26 heavy (non-hydrogen) atoms. The first-order valence-corrected chi connectivity index (χ1v) is 8.84. The summed E-state index contributed by atoms with van der Waals surface area (Å²) in [5.41, 5.74) is 8.55. The molecule has 6 nitrogen and oxygen atoms in total. The van der Waals surface area contributed by atoms with Crippen molar-refractivity contribution in [2.24, 2.45) is 0 Å². The summed E-state index contributed by atoms with van der Waals surface area (Å²) in [7, 11) is 0. The first-order chi connectivity index (χ1) is 12.5. The minimum atomic E-state index is -0.211. The molecule has 1 aromatic carbocycles. The van der Waals surface area contributed by atoms with Gasteiger partial charge in [-0.25, -0.2) is 4.98 Å². The van der Waals surface area contributed by atoms with Gasteiger partial charge in [0.25, 0.3) is 5.91 Å². The highest BCUT2D eigenvalue weighted by Gasteiger charge is 2.24. The number of nitrogen functional groups attached to an aromatic ring is 1. The number of aromatic nitrogens is 1. The number of nitrogens with one attached hydrogen (secondary N) is 3. The average Bonchev–Trinajstić information content (AvgIpc) is 2.62. The number of anilines is 2. The van der Waals surface area contributed by atoms with E-state index in [1.54, 1.807) is 18.3 Å². The summed E-state index contributed by atoms with van der Waals surface area (Å²) in [6.07, 6.45) is 2.31. The number of hydrogen-bond acceptors (Lipinski definition) is 5. The molecule has 8 heteroatoms. The number of benzene rings is 1. The van der Waals surface area contributed by atoms with Gasteiger partial charge in [-0.15, -0.1) is 0 Å². The van der Waals surface area contributed by atoms with Crippen LogP contribution in [0.25, 0.3) is 0 Å². The van der Waals surface area contributed by atoms with Gasteiger partial charge >= 0.3 is 0 Å². The number of nitrogens with zero attached hydrogens (tertiary/aromatic N) is 1. The van der Waals surface area contributed by atoms with Gasteiger partial charge < -0.3 is 21.7 Å². The molecular formula is C18H18ClN5OS. The van der Waals surface area contributed by atoms with Crippen LogP contribution in [0.15, 0.2) is 53.9 Å². The van der Waals surface area contributed by atoms with E-state index in [4.69, 9.17) is 29.6 Å². The number of hydrogen-bond donors (Lipinski definition) is 4. The number of thiocarbonyl (C=S) groups is 1. The Bertz CT molecular complexity index is 883. The Balaban J connectivity index is 1.80. The fraction of sp³-hybridized carbons (Fsp3) is 0.167. The summed E-state index contributed by atoms with van der Waals surface area (Å²) in [4.78, 5) is 16.7. The number of amides is 1. The maximum absolute atomic E-state index is 12.4. The van der Waals surface area contributed by atoms with Crippen LogP contribution in [0.2, 0.25) is 5.02 Å². The number of halogens is 1. The van der Waals surface area contributed by atoms with Crippen LogP contribution in [0.4, 0.5) is 11.5 Å². The predicted octanol–water partition coefficient (Wildman–Crippen LogP) is 2.62. The molecule has 5 N–H and O–H groups in total. The second-order valence-electron chi connectivity index (χ2n) is 5.74. The molecule has 0 atom stereocenters. The molecule has 0 bridgehead atoms. The predicted molar refractivity (Wildman–Crippen MR) is 108 cm³/mol.